The van der Waals surface area contributed by atoms with Crippen molar-refractivity contribution in [1.29, 1.82) is 0 Å². The number of hydrogen-bond donors (Lipinski definition) is 1. The number of nitrogens with zero attached hydrogens (tertiary/aromatic N) is 1. The fourth-order valence-electron chi connectivity index (χ4n) is 8.72. The quantitative estimate of drug-likeness (QED) is 0.0211. The molecule has 10 heteroatoms. The van der Waals surface area contributed by atoms with Crippen molar-refractivity contribution in [2.45, 2.75) is 302 Å². The van der Waals surface area contributed by atoms with Gasteiger partial charge in [-0.25, -0.2) is 4.57 Å². The summed E-state index contributed by atoms with van der Waals surface area (Å²) in [5.74, 6) is -0.781. The van der Waals surface area contributed by atoms with Gasteiger partial charge in [-0.2, -0.15) is 0 Å². The second-order valence-electron chi connectivity index (χ2n) is 21.4. The summed E-state index contributed by atoms with van der Waals surface area (Å²) in [6, 6.07) is 0. The molecule has 9 nitrogen and oxygen atoms in total. The Morgan fingerprint density at radius 3 is 1.09 bits per heavy atom. The van der Waals surface area contributed by atoms with E-state index in [2.05, 4.69) is 26.0 Å². The number of carbonyl (C=O) groups is 2. The maximum absolute atomic E-state index is 12.8. The third-order valence-electron chi connectivity index (χ3n) is 13.3. The summed E-state index contributed by atoms with van der Waals surface area (Å²) in [6.45, 7) is 4.47. The van der Waals surface area contributed by atoms with Crippen LogP contribution in [0.2, 0.25) is 0 Å². The number of carbonyl (C=O) groups excluding carboxylic acids is 2. The van der Waals surface area contributed by atoms with E-state index in [-0.39, 0.29) is 25.6 Å². The van der Waals surface area contributed by atoms with E-state index in [1.165, 1.54) is 231 Å². The molecule has 0 heterocycles. The van der Waals surface area contributed by atoms with E-state index in [4.69, 9.17) is 18.5 Å². The van der Waals surface area contributed by atoms with Gasteiger partial charge in [0, 0.05) is 12.8 Å². The zero-order valence-corrected chi connectivity index (χ0v) is 46.8. The molecule has 0 fully saturated rings. The topological polar surface area (TPSA) is 108 Å². The van der Waals surface area contributed by atoms with Crippen LogP contribution in [0.5, 0.6) is 0 Å². The van der Waals surface area contributed by atoms with Gasteiger partial charge in [-0.3, -0.25) is 18.6 Å². The van der Waals surface area contributed by atoms with Crippen LogP contribution < -0.4 is 0 Å². The first kappa shape index (κ1) is 66.8. The van der Waals surface area contributed by atoms with Crippen LogP contribution in [-0.4, -0.2) is 74.9 Å². The standard InChI is InChI=1S/C58H114NO8P/c1-6-8-10-12-14-16-18-19-20-21-22-23-24-25-26-27-28-29-30-31-32-33-34-35-36-37-38-39-41-43-45-47-49-51-58(61)67-56(55-66-68(62,63)65-53-52-59(3,4)5)54-64-57(60)50-48-46-44-42-40-17-15-13-11-9-7-2/h21-22,56H,6-20,23-55H2,1-5H3/p+1/b22-21-. The predicted molar refractivity (Wildman–Crippen MR) is 289 cm³/mol. The lowest BCUT2D eigenvalue weighted by Crippen LogP contribution is -2.37. The van der Waals surface area contributed by atoms with Crippen LogP contribution in [0.4, 0.5) is 0 Å². The van der Waals surface area contributed by atoms with Crippen LogP contribution >= 0.6 is 7.82 Å². The Balaban J connectivity index is 3.92. The van der Waals surface area contributed by atoms with E-state index in [1.54, 1.807) is 0 Å². The second-order valence-corrected chi connectivity index (χ2v) is 22.8. The first-order valence-corrected chi connectivity index (χ1v) is 30.9. The smallest absolute Gasteiger partial charge is 0.462 e. The molecule has 0 bridgehead atoms. The number of rotatable bonds is 55. The van der Waals surface area contributed by atoms with E-state index in [1.807, 2.05) is 21.1 Å². The average molecular weight is 986 g/mol. The number of quaternary nitrogens is 1. The second kappa shape index (κ2) is 50.7. The zero-order valence-electron chi connectivity index (χ0n) is 45.9. The van der Waals surface area contributed by atoms with E-state index < -0.39 is 26.5 Å². The Labute approximate surface area is 422 Å². The van der Waals surface area contributed by atoms with Gasteiger partial charge in [0.05, 0.1) is 27.7 Å². The van der Waals surface area contributed by atoms with Crippen LogP contribution in [-0.2, 0) is 32.7 Å². The lowest BCUT2D eigenvalue weighted by atomic mass is 10.0. The molecule has 68 heavy (non-hydrogen) atoms. The van der Waals surface area contributed by atoms with Crippen molar-refractivity contribution < 1.29 is 42.1 Å². The Kier molecular flexibility index (Phi) is 49.8. The maximum atomic E-state index is 12.8. The van der Waals surface area contributed by atoms with E-state index in [0.29, 0.717) is 17.4 Å². The van der Waals surface area contributed by atoms with Crippen molar-refractivity contribution in [3.8, 4) is 0 Å². The molecule has 0 saturated heterocycles. The predicted octanol–water partition coefficient (Wildman–Crippen LogP) is 18.0. The number of allylic oxidation sites excluding steroid dienone is 2. The molecule has 0 amide bonds. The van der Waals surface area contributed by atoms with E-state index in [9.17, 15) is 19.0 Å². The molecule has 0 spiro atoms. The normalized spacial score (nSPS) is 13.3. The maximum Gasteiger partial charge on any atom is 0.472 e. The van der Waals surface area contributed by atoms with Crippen molar-refractivity contribution in [2.75, 3.05) is 47.5 Å². The summed E-state index contributed by atoms with van der Waals surface area (Å²) in [7, 11) is 1.50. The summed E-state index contributed by atoms with van der Waals surface area (Å²) in [4.78, 5) is 35.5. The first-order chi connectivity index (χ1) is 33.0. The summed E-state index contributed by atoms with van der Waals surface area (Å²) in [6.07, 6.45) is 58.8. The highest BCUT2D eigenvalue weighted by molar-refractivity contribution is 7.47. The van der Waals surface area contributed by atoms with Gasteiger partial charge in [-0.15, -0.1) is 0 Å². The lowest BCUT2D eigenvalue weighted by Gasteiger charge is -2.24. The molecular formula is C58H115NO8P+. The Morgan fingerprint density at radius 2 is 0.750 bits per heavy atom. The first-order valence-electron chi connectivity index (χ1n) is 29.4. The number of unbranched alkanes of at least 4 members (excludes halogenated alkanes) is 39. The summed E-state index contributed by atoms with van der Waals surface area (Å²) in [5, 5.41) is 0. The molecule has 0 saturated carbocycles. The summed E-state index contributed by atoms with van der Waals surface area (Å²) in [5.41, 5.74) is 0. The summed E-state index contributed by atoms with van der Waals surface area (Å²) < 4.78 is 34.5. The number of hydrogen-bond acceptors (Lipinski definition) is 7. The highest BCUT2D eigenvalue weighted by atomic mass is 31.2. The molecule has 404 valence electrons. The van der Waals surface area contributed by atoms with E-state index >= 15 is 0 Å². The van der Waals surface area contributed by atoms with E-state index in [0.717, 1.165) is 38.5 Å². The van der Waals surface area contributed by atoms with Gasteiger partial charge in [0.1, 0.15) is 19.8 Å². The summed E-state index contributed by atoms with van der Waals surface area (Å²) >= 11 is 0. The van der Waals surface area contributed by atoms with Crippen molar-refractivity contribution in [2.24, 2.45) is 0 Å². The van der Waals surface area contributed by atoms with Gasteiger partial charge in [-0.1, -0.05) is 257 Å². The van der Waals surface area contributed by atoms with Gasteiger partial charge in [0.2, 0.25) is 0 Å². The minimum absolute atomic E-state index is 0.0362. The highest BCUT2D eigenvalue weighted by Gasteiger charge is 2.27. The van der Waals surface area contributed by atoms with Gasteiger partial charge in [-0.05, 0) is 38.5 Å². The molecule has 0 rings (SSSR count). The van der Waals surface area contributed by atoms with Gasteiger partial charge in [0.25, 0.3) is 0 Å². The zero-order chi connectivity index (χ0) is 49.9. The van der Waals surface area contributed by atoms with Crippen LogP contribution in [0.15, 0.2) is 12.2 Å². The minimum Gasteiger partial charge on any atom is -0.462 e. The monoisotopic (exact) mass is 985 g/mol. The fourth-order valence-corrected chi connectivity index (χ4v) is 9.46. The highest BCUT2D eigenvalue weighted by Crippen LogP contribution is 2.43. The third-order valence-corrected chi connectivity index (χ3v) is 14.3. The van der Waals surface area contributed by atoms with Gasteiger partial charge >= 0.3 is 19.8 Å². The van der Waals surface area contributed by atoms with Gasteiger partial charge < -0.3 is 18.9 Å². The van der Waals surface area contributed by atoms with Crippen LogP contribution in [0, 0.1) is 0 Å². The molecule has 0 radical (unpaired) electrons. The molecule has 0 aliphatic heterocycles. The lowest BCUT2D eigenvalue weighted by molar-refractivity contribution is -0.870. The number of likely N-dealkylation sites (N-methyl/N-ethyl adjacent to an activating group) is 1. The molecule has 0 aromatic heterocycles. The van der Waals surface area contributed by atoms with Gasteiger partial charge in [0.15, 0.2) is 6.10 Å². The molecule has 0 aliphatic rings. The molecule has 0 aliphatic carbocycles. The average Bonchev–Trinajstić information content (AvgIpc) is 3.30. The van der Waals surface area contributed by atoms with Crippen molar-refractivity contribution in [3.63, 3.8) is 0 Å². The molecule has 2 unspecified atom stereocenters. The number of phosphoric acid groups is 1. The SMILES string of the molecule is CCCCCCCCCC/C=C\CCCCCCCCCCCCCCCCCCCCCCCC(=O)OC(COC(=O)CCCCCCCCCCCCC)COP(=O)(O)OCC[N+](C)(C)C. The number of ether oxygens (including phenoxy) is 2. The van der Waals surface area contributed by atoms with Crippen molar-refractivity contribution >= 4 is 19.8 Å². The Bertz CT molecular complexity index is 1160. The third kappa shape index (κ3) is 54.1. The number of esters is 2. The minimum atomic E-state index is -4.37. The van der Waals surface area contributed by atoms with Crippen LogP contribution in [0.1, 0.15) is 296 Å². The number of phosphoric ester groups is 1. The van der Waals surface area contributed by atoms with Crippen molar-refractivity contribution in [3.05, 3.63) is 12.2 Å². The van der Waals surface area contributed by atoms with Crippen LogP contribution in [0.25, 0.3) is 0 Å². The largest absolute Gasteiger partial charge is 0.472 e. The fraction of sp³-hybridized carbons (Fsp3) is 0.931. The molecule has 1 N–H and O–H groups in total. The molecule has 2 atom stereocenters. The van der Waals surface area contributed by atoms with Crippen molar-refractivity contribution in [1.82, 2.24) is 0 Å². The van der Waals surface area contributed by atoms with Crippen LogP contribution in [0.3, 0.4) is 0 Å². The Morgan fingerprint density at radius 1 is 0.441 bits per heavy atom. The molecular weight excluding hydrogens is 870 g/mol. The molecule has 0 aromatic rings. The Hall–Kier alpha value is -1.25. The molecule has 0 aromatic carbocycles.